The van der Waals surface area contributed by atoms with E-state index in [1.807, 2.05) is 24.4 Å². The highest BCUT2D eigenvalue weighted by molar-refractivity contribution is 5.83. The smallest absolute Gasteiger partial charge is 0.275 e. The molecule has 0 aliphatic carbocycles. The molecule has 26 heavy (non-hydrogen) atoms. The maximum Gasteiger partial charge on any atom is 0.275 e. The van der Waals surface area contributed by atoms with Crippen molar-refractivity contribution in [3.8, 4) is 0 Å². The van der Waals surface area contributed by atoms with Crippen LogP contribution in [-0.2, 0) is 11.2 Å². The van der Waals surface area contributed by atoms with Crippen molar-refractivity contribution in [3.63, 3.8) is 0 Å². The topological polar surface area (TPSA) is 61.5 Å². The highest BCUT2D eigenvalue weighted by atomic mass is 19.1. The third-order valence-electron chi connectivity index (χ3n) is 4.50. The zero-order chi connectivity index (χ0) is 18.5. The van der Waals surface area contributed by atoms with Crippen LogP contribution in [0.1, 0.15) is 24.1 Å². The van der Waals surface area contributed by atoms with E-state index in [4.69, 9.17) is 0 Å². The lowest BCUT2D eigenvalue weighted by Crippen LogP contribution is -2.87. The number of aromatic amines is 1. The number of quaternary nitrogens is 1. The van der Waals surface area contributed by atoms with Crippen LogP contribution < -0.4 is 10.6 Å². The molecule has 0 fully saturated rings. The maximum atomic E-state index is 13.7. The first kappa shape index (κ1) is 18.1. The second-order valence-corrected chi connectivity index (χ2v) is 6.35. The van der Waals surface area contributed by atoms with Crippen molar-refractivity contribution in [2.45, 2.75) is 19.4 Å². The summed E-state index contributed by atoms with van der Waals surface area (Å²) < 4.78 is 26.7. The van der Waals surface area contributed by atoms with Crippen molar-refractivity contribution in [3.05, 3.63) is 71.4 Å². The Morgan fingerprint density at radius 1 is 1.23 bits per heavy atom. The molecule has 0 spiro atoms. The normalized spacial score (nSPS) is 12.3. The Hall–Kier alpha value is -2.73. The van der Waals surface area contributed by atoms with Crippen LogP contribution in [0, 0.1) is 11.6 Å². The minimum absolute atomic E-state index is 0.112. The zero-order valence-electron chi connectivity index (χ0n) is 14.6. The summed E-state index contributed by atoms with van der Waals surface area (Å²) >= 11 is 0. The Bertz CT molecular complexity index is 907. The third kappa shape index (κ3) is 4.26. The molecule has 4 N–H and O–H groups in total. The van der Waals surface area contributed by atoms with Gasteiger partial charge in [0.25, 0.3) is 5.91 Å². The number of hydrogen-bond donors (Lipinski definition) is 3. The molecule has 0 aliphatic rings. The number of amides is 1. The van der Waals surface area contributed by atoms with Crippen LogP contribution in [0.2, 0.25) is 0 Å². The third-order valence-corrected chi connectivity index (χ3v) is 4.50. The molecule has 0 bridgehead atoms. The molecule has 136 valence electrons. The molecule has 1 atom stereocenters. The number of H-pyrrole nitrogens is 1. The van der Waals surface area contributed by atoms with Gasteiger partial charge in [-0.05, 0) is 37.1 Å². The van der Waals surface area contributed by atoms with Crippen molar-refractivity contribution in [1.82, 2.24) is 10.3 Å². The molecular weight excluding hydrogens is 336 g/mol. The molecule has 3 aromatic rings. The van der Waals surface area contributed by atoms with Gasteiger partial charge in [0, 0.05) is 35.3 Å². The van der Waals surface area contributed by atoms with Crippen LogP contribution in [0.3, 0.4) is 0 Å². The van der Waals surface area contributed by atoms with E-state index in [9.17, 15) is 13.6 Å². The van der Waals surface area contributed by atoms with Gasteiger partial charge in [-0.2, -0.15) is 0 Å². The van der Waals surface area contributed by atoms with E-state index < -0.39 is 11.6 Å². The Morgan fingerprint density at radius 2 is 2.04 bits per heavy atom. The molecule has 1 aromatic heterocycles. The summed E-state index contributed by atoms with van der Waals surface area (Å²) in [5.41, 5.74) is 2.63. The van der Waals surface area contributed by atoms with Gasteiger partial charge in [0.15, 0.2) is 6.54 Å². The first-order valence-electron chi connectivity index (χ1n) is 8.64. The molecule has 3 rings (SSSR count). The van der Waals surface area contributed by atoms with Gasteiger partial charge in [-0.15, -0.1) is 0 Å². The Morgan fingerprint density at radius 3 is 2.85 bits per heavy atom. The van der Waals surface area contributed by atoms with E-state index in [1.54, 1.807) is 12.2 Å². The van der Waals surface area contributed by atoms with Crippen molar-refractivity contribution in [2.75, 3.05) is 13.1 Å². The van der Waals surface area contributed by atoms with Crippen LogP contribution in [0.5, 0.6) is 0 Å². The van der Waals surface area contributed by atoms with Gasteiger partial charge in [-0.25, -0.2) is 8.78 Å². The van der Waals surface area contributed by atoms with E-state index >= 15 is 0 Å². The molecule has 0 radical (unpaired) electrons. The van der Waals surface area contributed by atoms with E-state index in [0.29, 0.717) is 12.1 Å². The number of fused-ring (bicyclic) bond motifs is 1. The van der Waals surface area contributed by atoms with Crippen LogP contribution in [0.15, 0.2) is 48.7 Å². The van der Waals surface area contributed by atoms with E-state index in [1.165, 1.54) is 12.1 Å². The largest absolute Gasteiger partial charge is 0.361 e. The average Bonchev–Trinajstić information content (AvgIpc) is 3.03. The Kier molecular flexibility index (Phi) is 5.63. The summed E-state index contributed by atoms with van der Waals surface area (Å²) in [6.45, 7) is 2.51. The number of aromatic nitrogens is 1. The molecule has 4 nitrogen and oxygen atoms in total. The predicted molar refractivity (Wildman–Crippen MR) is 96.6 cm³/mol. The summed E-state index contributed by atoms with van der Waals surface area (Å²) in [5, 5.41) is 5.77. The van der Waals surface area contributed by atoms with Crippen molar-refractivity contribution in [2.24, 2.45) is 0 Å². The fourth-order valence-electron chi connectivity index (χ4n) is 3.03. The van der Waals surface area contributed by atoms with Crippen LogP contribution in [0.4, 0.5) is 8.78 Å². The van der Waals surface area contributed by atoms with Gasteiger partial charge in [0.05, 0.1) is 0 Å². The Labute approximate surface area is 150 Å². The standard InChI is InChI=1S/C20H21F2N3O/c1-13(16-7-6-15(21)10-18(16)22)24-12-20(26)23-9-8-14-11-25-19-5-3-2-4-17(14)19/h2-7,10-11,13,24-25H,8-9,12H2,1H3,(H,23,26)/p+1/t13-/m1/s1. The summed E-state index contributed by atoms with van der Waals surface area (Å²) in [5.74, 6) is -1.30. The lowest BCUT2D eigenvalue weighted by molar-refractivity contribution is -0.682. The van der Waals surface area contributed by atoms with Crippen LogP contribution >= 0.6 is 0 Å². The molecule has 0 saturated heterocycles. The number of rotatable bonds is 7. The molecule has 0 aliphatic heterocycles. The lowest BCUT2D eigenvalue weighted by atomic mass is 10.1. The second kappa shape index (κ2) is 8.10. The minimum atomic E-state index is -0.603. The molecular formula is C20H22F2N3O+. The molecule has 0 unspecified atom stereocenters. The fourth-order valence-corrected chi connectivity index (χ4v) is 3.03. The van der Waals surface area contributed by atoms with Gasteiger partial charge in [-0.1, -0.05) is 18.2 Å². The maximum absolute atomic E-state index is 13.7. The van der Waals surface area contributed by atoms with Crippen molar-refractivity contribution in [1.29, 1.82) is 0 Å². The van der Waals surface area contributed by atoms with E-state index in [2.05, 4.69) is 16.4 Å². The van der Waals surface area contributed by atoms with Gasteiger partial charge >= 0.3 is 0 Å². The first-order valence-corrected chi connectivity index (χ1v) is 8.64. The number of hydrogen-bond acceptors (Lipinski definition) is 1. The van der Waals surface area contributed by atoms with Crippen molar-refractivity contribution < 1.29 is 18.9 Å². The average molecular weight is 358 g/mol. The quantitative estimate of drug-likeness (QED) is 0.597. The number of para-hydroxylation sites is 1. The van der Waals surface area contributed by atoms with Gasteiger partial charge in [0.1, 0.15) is 17.7 Å². The summed E-state index contributed by atoms with van der Waals surface area (Å²) in [6, 6.07) is 11.3. The molecule has 6 heteroatoms. The molecule has 1 heterocycles. The summed E-state index contributed by atoms with van der Waals surface area (Å²) in [4.78, 5) is 15.2. The number of carbonyl (C=O) groups is 1. The molecule has 2 aromatic carbocycles. The second-order valence-electron chi connectivity index (χ2n) is 6.35. The Balaban J connectivity index is 1.45. The first-order chi connectivity index (χ1) is 12.5. The van der Waals surface area contributed by atoms with Gasteiger partial charge in [0.2, 0.25) is 0 Å². The number of nitrogens with one attached hydrogen (secondary N) is 2. The predicted octanol–water partition coefficient (Wildman–Crippen LogP) is 2.43. The van der Waals surface area contributed by atoms with Crippen molar-refractivity contribution >= 4 is 16.8 Å². The van der Waals surface area contributed by atoms with Crippen LogP contribution in [0.25, 0.3) is 10.9 Å². The monoisotopic (exact) mass is 358 g/mol. The van der Waals surface area contributed by atoms with E-state index in [-0.39, 0.29) is 18.5 Å². The fraction of sp³-hybridized carbons (Fsp3) is 0.250. The number of halogens is 2. The molecule has 1 amide bonds. The highest BCUT2D eigenvalue weighted by Gasteiger charge is 2.16. The number of carbonyl (C=O) groups excluding carboxylic acids is 1. The van der Waals surface area contributed by atoms with E-state index in [0.717, 1.165) is 29.0 Å². The van der Waals surface area contributed by atoms with Gasteiger partial charge < -0.3 is 15.6 Å². The number of benzene rings is 2. The zero-order valence-corrected chi connectivity index (χ0v) is 14.6. The summed E-state index contributed by atoms with van der Waals surface area (Å²) in [6.07, 6.45) is 2.69. The molecule has 0 saturated carbocycles. The SMILES string of the molecule is C[C@@H]([NH2+]CC(=O)NCCc1c[nH]c2ccccc12)c1ccc(F)cc1F. The van der Waals surface area contributed by atoms with Gasteiger partial charge in [-0.3, -0.25) is 4.79 Å². The lowest BCUT2D eigenvalue weighted by Gasteiger charge is -2.12. The highest BCUT2D eigenvalue weighted by Crippen LogP contribution is 2.17. The summed E-state index contributed by atoms with van der Waals surface area (Å²) in [7, 11) is 0. The van der Waals surface area contributed by atoms with Crippen LogP contribution in [-0.4, -0.2) is 24.0 Å². The number of nitrogens with two attached hydrogens (primary N) is 1. The minimum Gasteiger partial charge on any atom is -0.361 e.